The minimum atomic E-state index is 0.740. The van der Waals surface area contributed by atoms with E-state index < -0.39 is 0 Å². The van der Waals surface area contributed by atoms with Gasteiger partial charge in [-0.25, -0.2) is 0 Å². The summed E-state index contributed by atoms with van der Waals surface area (Å²) < 4.78 is 1.08. The fourth-order valence-corrected chi connectivity index (χ4v) is 2.64. The number of carbonyl (C=O) groups excluding carboxylic acids is 1. The first-order chi connectivity index (χ1) is 8.29. The summed E-state index contributed by atoms with van der Waals surface area (Å²) >= 11 is 3.55. The molecule has 1 nitrogen and oxygen atoms in total. The fourth-order valence-electron chi connectivity index (χ4n) is 2.14. The molecule has 17 heavy (non-hydrogen) atoms. The van der Waals surface area contributed by atoms with Gasteiger partial charge in [-0.3, -0.25) is 4.79 Å². The van der Waals surface area contributed by atoms with Crippen LogP contribution in [-0.4, -0.2) is 6.29 Å². The molecule has 3 rings (SSSR count). The number of benzene rings is 3. The van der Waals surface area contributed by atoms with Gasteiger partial charge in [0.05, 0.1) is 0 Å². The van der Waals surface area contributed by atoms with E-state index in [0.29, 0.717) is 0 Å². The Morgan fingerprint density at radius 3 is 2.29 bits per heavy atom. The average molecular weight is 285 g/mol. The maximum Gasteiger partial charge on any atom is 0.150 e. The topological polar surface area (TPSA) is 17.1 Å². The van der Waals surface area contributed by atoms with Gasteiger partial charge >= 0.3 is 0 Å². The van der Waals surface area contributed by atoms with Crippen molar-refractivity contribution in [1.82, 2.24) is 0 Å². The lowest BCUT2D eigenvalue weighted by Crippen LogP contribution is -1.84. The van der Waals surface area contributed by atoms with Crippen LogP contribution < -0.4 is 0 Å². The molecule has 0 heterocycles. The molecule has 0 N–H and O–H groups in total. The highest BCUT2D eigenvalue weighted by molar-refractivity contribution is 9.10. The van der Waals surface area contributed by atoms with Crippen LogP contribution in [0.4, 0.5) is 0 Å². The van der Waals surface area contributed by atoms with Gasteiger partial charge in [0.1, 0.15) is 0 Å². The van der Waals surface area contributed by atoms with E-state index in [4.69, 9.17) is 0 Å². The summed E-state index contributed by atoms with van der Waals surface area (Å²) in [6, 6.07) is 16.1. The number of halogens is 1. The molecular formula is C15H9BrO. The number of aldehydes is 1. The van der Waals surface area contributed by atoms with Crippen LogP contribution in [0.3, 0.4) is 0 Å². The highest BCUT2D eigenvalue weighted by atomic mass is 79.9. The maximum absolute atomic E-state index is 11.0. The summed E-state index contributed by atoms with van der Waals surface area (Å²) in [5, 5.41) is 4.41. The van der Waals surface area contributed by atoms with Gasteiger partial charge in [-0.15, -0.1) is 0 Å². The monoisotopic (exact) mass is 284 g/mol. The Balaban J connectivity index is 2.52. The zero-order valence-electron chi connectivity index (χ0n) is 8.98. The van der Waals surface area contributed by atoms with Gasteiger partial charge < -0.3 is 0 Å². The van der Waals surface area contributed by atoms with E-state index in [1.165, 1.54) is 5.39 Å². The molecule has 0 aromatic heterocycles. The lowest BCUT2D eigenvalue weighted by Gasteiger charge is -2.05. The number of carbonyl (C=O) groups is 1. The quantitative estimate of drug-likeness (QED) is 0.473. The first-order valence-electron chi connectivity index (χ1n) is 5.36. The van der Waals surface area contributed by atoms with Crippen LogP contribution >= 0.6 is 15.9 Å². The highest BCUT2D eigenvalue weighted by Gasteiger charge is 2.04. The van der Waals surface area contributed by atoms with Gasteiger partial charge in [0.25, 0.3) is 0 Å². The van der Waals surface area contributed by atoms with Gasteiger partial charge in [0.15, 0.2) is 6.29 Å². The molecule has 82 valence electrons. The third-order valence-electron chi connectivity index (χ3n) is 2.99. The molecule has 0 saturated carbocycles. The van der Waals surface area contributed by atoms with Crippen LogP contribution in [0, 0.1) is 0 Å². The first kappa shape index (κ1) is 10.5. The van der Waals surface area contributed by atoms with Crippen molar-refractivity contribution in [3.05, 3.63) is 58.6 Å². The standard InChI is InChI=1S/C15H9BrO/c16-15-6-2-4-11-7-13-10(8-14(11)15)3-1-5-12(13)9-17/h1-9H. The predicted octanol–water partition coefficient (Wildman–Crippen LogP) is 4.57. The smallest absolute Gasteiger partial charge is 0.150 e. The molecule has 0 saturated heterocycles. The summed E-state index contributed by atoms with van der Waals surface area (Å²) in [7, 11) is 0. The van der Waals surface area contributed by atoms with Crippen molar-refractivity contribution < 1.29 is 4.79 Å². The lowest BCUT2D eigenvalue weighted by molar-refractivity contribution is 0.112. The van der Waals surface area contributed by atoms with E-state index in [2.05, 4.69) is 34.1 Å². The van der Waals surface area contributed by atoms with Crippen LogP contribution in [0.1, 0.15) is 10.4 Å². The minimum Gasteiger partial charge on any atom is -0.298 e. The molecule has 3 aromatic rings. The van der Waals surface area contributed by atoms with E-state index in [0.717, 1.165) is 32.5 Å². The van der Waals surface area contributed by atoms with Crippen molar-refractivity contribution >= 4 is 43.8 Å². The lowest BCUT2D eigenvalue weighted by atomic mass is 10.0. The largest absolute Gasteiger partial charge is 0.298 e. The molecule has 0 aliphatic heterocycles. The van der Waals surface area contributed by atoms with E-state index >= 15 is 0 Å². The molecule has 0 bridgehead atoms. The second kappa shape index (κ2) is 3.97. The molecule has 0 fully saturated rings. The summed E-state index contributed by atoms with van der Waals surface area (Å²) in [4.78, 5) is 11.0. The number of hydrogen-bond donors (Lipinski definition) is 0. The van der Waals surface area contributed by atoms with E-state index in [1.54, 1.807) is 0 Å². The van der Waals surface area contributed by atoms with Crippen LogP contribution in [0.5, 0.6) is 0 Å². The van der Waals surface area contributed by atoms with Crippen molar-refractivity contribution in [1.29, 1.82) is 0 Å². The van der Waals surface area contributed by atoms with Crippen LogP contribution in [0.15, 0.2) is 53.0 Å². The van der Waals surface area contributed by atoms with Crippen molar-refractivity contribution in [2.45, 2.75) is 0 Å². The normalized spacial score (nSPS) is 10.9. The van der Waals surface area contributed by atoms with E-state index in [9.17, 15) is 4.79 Å². The van der Waals surface area contributed by atoms with Gasteiger partial charge in [0, 0.05) is 10.0 Å². The van der Waals surface area contributed by atoms with Gasteiger partial charge in [-0.2, -0.15) is 0 Å². The third kappa shape index (κ3) is 1.65. The van der Waals surface area contributed by atoms with Crippen molar-refractivity contribution in [2.24, 2.45) is 0 Å². The van der Waals surface area contributed by atoms with E-state index in [1.807, 2.05) is 30.3 Å². The van der Waals surface area contributed by atoms with Gasteiger partial charge in [-0.1, -0.05) is 46.3 Å². The highest BCUT2D eigenvalue weighted by Crippen LogP contribution is 2.29. The SMILES string of the molecule is O=Cc1cccc2cc3c(Br)cccc3cc12. The van der Waals surface area contributed by atoms with Gasteiger partial charge in [-0.05, 0) is 39.7 Å². The molecule has 0 unspecified atom stereocenters. The average Bonchev–Trinajstić information content (AvgIpc) is 2.36. The summed E-state index contributed by atoms with van der Waals surface area (Å²) in [6.07, 6.45) is 0.909. The number of hydrogen-bond acceptors (Lipinski definition) is 1. The Bertz CT molecular complexity index is 731. The molecular weight excluding hydrogens is 276 g/mol. The van der Waals surface area contributed by atoms with Crippen LogP contribution in [-0.2, 0) is 0 Å². The minimum absolute atomic E-state index is 0.740. The zero-order chi connectivity index (χ0) is 11.8. The molecule has 0 atom stereocenters. The predicted molar refractivity (Wildman–Crippen MR) is 74.5 cm³/mol. The van der Waals surface area contributed by atoms with Crippen molar-refractivity contribution in [3.63, 3.8) is 0 Å². The Labute approximate surface area is 107 Å². The second-order valence-electron chi connectivity index (χ2n) is 4.00. The molecule has 3 aromatic carbocycles. The molecule has 0 aliphatic carbocycles. The first-order valence-corrected chi connectivity index (χ1v) is 6.15. The van der Waals surface area contributed by atoms with Crippen molar-refractivity contribution in [2.75, 3.05) is 0 Å². The molecule has 2 heteroatoms. The number of rotatable bonds is 1. The maximum atomic E-state index is 11.0. The summed E-state index contributed by atoms with van der Waals surface area (Å²) in [5.41, 5.74) is 0.740. The molecule has 0 radical (unpaired) electrons. The Morgan fingerprint density at radius 2 is 1.53 bits per heavy atom. The molecule has 0 aliphatic rings. The third-order valence-corrected chi connectivity index (χ3v) is 3.68. The van der Waals surface area contributed by atoms with E-state index in [-0.39, 0.29) is 0 Å². The second-order valence-corrected chi connectivity index (χ2v) is 4.85. The summed E-state index contributed by atoms with van der Waals surface area (Å²) in [6.45, 7) is 0. The zero-order valence-corrected chi connectivity index (χ0v) is 10.6. The molecule has 0 spiro atoms. The Kier molecular flexibility index (Phi) is 2.45. The van der Waals surface area contributed by atoms with Crippen LogP contribution in [0.25, 0.3) is 21.5 Å². The van der Waals surface area contributed by atoms with Gasteiger partial charge in [0.2, 0.25) is 0 Å². The van der Waals surface area contributed by atoms with Crippen LogP contribution in [0.2, 0.25) is 0 Å². The molecule has 0 amide bonds. The fraction of sp³-hybridized carbons (Fsp3) is 0. The Morgan fingerprint density at radius 1 is 0.882 bits per heavy atom. The number of fused-ring (bicyclic) bond motifs is 2. The van der Waals surface area contributed by atoms with Crippen molar-refractivity contribution in [3.8, 4) is 0 Å². The summed E-state index contributed by atoms with van der Waals surface area (Å²) in [5.74, 6) is 0. The Hall–Kier alpha value is -1.67.